The molecule has 0 N–H and O–H groups in total. The molecule has 278 valence electrons. The van der Waals surface area contributed by atoms with E-state index in [0.717, 1.165) is 11.1 Å². The quantitative estimate of drug-likeness (QED) is 0.107. The normalized spacial score (nSPS) is 9.89. The van der Waals surface area contributed by atoms with Crippen molar-refractivity contribution in [1.82, 2.24) is 0 Å². The number of benzene rings is 8. The van der Waals surface area contributed by atoms with E-state index in [2.05, 4.69) is 194 Å². The standard InChI is InChI=1S/2C18H15P.C16H10N2.Pt/c2*1-4-10-16(11-5-1)19(17-12-6-2-7-13-17)18-14-8-3-9-15-18;17-11-15(13-7-3-1-4-8-13)16(12-18)14-9-5-2-6-10-14;/h2*1-15H;1-10H;/q;;-2;+2/p+2. The number of rotatable bonds is 9. The van der Waals surface area contributed by atoms with E-state index < -0.39 is 15.8 Å². The average Bonchev–Trinajstić information content (AvgIpc) is 3.29. The molecule has 0 aliphatic carbocycles. The minimum Gasteiger partial charge on any atom is -0.209 e. The van der Waals surface area contributed by atoms with E-state index in [9.17, 15) is 10.5 Å². The van der Waals surface area contributed by atoms with Crippen LogP contribution in [0.1, 0.15) is 11.1 Å². The largest absolute Gasteiger partial charge is 2.00 e. The summed E-state index contributed by atoms with van der Waals surface area (Å²) in [5.41, 5.74) is 1.53. The van der Waals surface area contributed by atoms with E-state index in [0.29, 0.717) is 11.8 Å². The minimum atomic E-state index is -0.877. The van der Waals surface area contributed by atoms with E-state index in [1.807, 2.05) is 60.7 Å². The molecule has 0 fully saturated rings. The SMILES string of the molecule is N#C[C-](c1ccccc1)[C-](C#N)c1ccccc1.[Pt+2].c1ccc([PH+](c2ccccc2)c2ccccc2)cc1.c1ccc([PH+](c2ccccc2)c2ccccc2)cc1. The summed E-state index contributed by atoms with van der Waals surface area (Å²) in [4.78, 5) is 0. The Hall–Kier alpha value is -5.97. The van der Waals surface area contributed by atoms with Gasteiger partial charge in [0.2, 0.25) is 0 Å². The Balaban J connectivity index is 0.000000162. The Kier molecular flexibility index (Phi) is 17.2. The first-order chi connectivity index (χ1) is 27.8. The van der Waals surface area contributed by atoms with E-state index in [-0.39, 0.29) is 21.1 Å². The Morgan fingerprint density at radius 3 is 0.579 bits per heavy atom. The Labute approximate surface area is 354 Å². The minimum absolute atomic E-state index is 0. The zero-order chi connectivity index (χ0) is 38.6. The molecule has 0 heterocycles. The molecule has 2 nitrogen and oxygen atoms in total. The van der Waals surface area contributed by atoms with Crippen molar-refractivity contribution in [3.8, 4) is 12.1 Å². The van der Waals surface area contributed by atoms with Crippen LogP contribution in [0, 0.1) is 34.5 Å². The van der Waals surface area contributed by atoms with Crippen LogP contribution in [0.2, 0.25) is 0 Å². The molecule has 0 aliphatic rings. The van der Waals surface area contributed by atoms with Crippen molar-refractivity contribution in [2.45, 2.75) is 0 Å². The van der Waals surface area contributed by atoms with Crippen LogP contribution in [0.4, 0.5) is 0 Å². The third-order valence-electron chi connectivity index (χ3n) is 8.97. The number of nitriles is 2. The van der Waals surface area contributed by atoms with Crippen molar-refractivity contribution in [1.29, 1.82) is 10.5 Å². The third-order valence-corrected chi connectivity index (χ3v) is 14.4. The molecule has 8 aromatic carbocycles. The number of hydrogen-bond acceptors (Lipinski definition) is 2. The van der Waals surface area contributed by atoms with Gasteiger partial charge in [-0.1, -0.05) is 133 Å². The second-order valence-corrected chi connectivity index (χ2v) is 17.6. The molecule has 8 aromatic rings. The smallest absolute Gasteiger partial charge is 0.209 e. The first kappa shape index (κ1) is 42.2. The molecule has 57 heavy (non-hydrogen) atoms. The van der Waals surface area contributed by atoms with Gasteiger partial charge in [0.15, 0.2) is 0 Å². The Bertz CT molecular complexity index is 2010. The summed E-state index contributed by atoms with van der Waals surface area (Å²) < 4.78 is 0. The molecule has 0 unspecified atom stereocenters. The zero-order valence-electron chi connectivity index (χ0n) is 31.3. The molecule has 0 aromatic heterocycles. The summed E-state index contributed by atoms with van der Waals surface area (Å²) in [6.45, 7) is 0. The van der Waals surface area contributed by atoms with Crippen molar-refractivity contribution < 1.29 is 21.1 Å². The van der Waals surface area contributed by atoms with Crippen LogP contribution in [0.15, 0.2) is 243 Å². The third kappa shape index (κ3) is 12.0. The monoisotopic (exact) mass is 951 g/mol. The number of hydrogen-bond donors (Lipinski definition) is 0. The van der Waals surface area contributed by atoms with Crippen LogP contribution in [0.3, 0.4) is 0 Å². The van der Waals surface area contributed by atoms with Gasteiger partial charge in [0.05, 0.1) is 15.8 Å². The maximum atomic E-state index is 9.28. The molecular formula is C52H42N2P2Pt+2. The van der Waals surface area contributed by atoms with Gasteiger partial charge in [-0.15, -0.1) is 24.3 Å². The predicted octanol–water partition coefficient (Wildman–Crippen LogP) is 9.63. The van der Waals surface area contributed by atoms with Crippen LogP contribution in [0.25, 0.3) is 0 Å². The maximum Gasteiger partial charge on any atom is 2.00 e. The summed E-state index contributed by atoms with van der Waals surface area (Å²) >= 11 is 0. The van der Waals surface area contributed by atoms with Crippen molar-refractivity contribution in [3.63, 3.8) is 0 Å². The van der Waals surface area contributed by atoms with Gasteiger partial charge in [0, 0.05) is 12.1 Å². The fourth-order valence-corrected chi connectivity index (χ4v) is 11.5. The second kappa shape index (κ2) is 23.2. The van der Waals surface area contributed by atoms with Crippen molar-refractivity contribution >= 4 is 47.7 Å². The topological polar surface area (TPSA) is 47.6 Å². The summed E-state index contributed by atoms with van der Waals surface area (Å²) in [5, 5.41) is 27.2. The van der Waals surface area contributed by atoms with Crippen LogP contribution >= 0.6 is 15.8 Å². The second-order valence-electron chi connectivity index (χ2n) is 12.7. The molecule has 8 rings (SSSR count). The van der Waals surface area contributed by atoms with Gasteiger partial charge < -0.3 is 0 Å². The van der Waals surface area contributed by atoms with Gasteiger partial charge >= 0.3 is 21.1 Å². The van der Waals surface area contributed by atoms with Gasteiger partial charge in [-0.2, -0.15) is 35.4 Å². The van der Waals surface area contributed by atoms with Crippen molar-refractivity contribution in [2.75, 3.05) is 0 Å². The summed E-state index contributed by atoms with van der Waals surface area (Å²) in [6.07, 6.45) is 0. The van der Waals surface area contributed by atoms with Crippen LogP contribution in [-0.4, -0.2) is 0 Å². The van der Waals surface area contributed by atoms with Gasteiger partial charge in [-0.25, -0.2) is 10.5 Å². The molecule has 0 radical (unpaired) electrons. The van der Waals surface area contributed by atoms with Crippen LogP contribution in [0.5, 0.6) is 0 Å². The maximum absolute atomic E-state index is 9.28. The van der Waals surface area contributed by atoms with Crippen LogP contribution in [-0.2, 0) is 21.1 Å². The molecule has 0 saturated heterocycles. The van der Waals surface area contributed by atoms with E-state index in [1.165, 1.54) is 31.8 Å². The average molecular weight is 952 g/mol. The summed E-state index contributed by atoms with van der Waals surface area (Å²) in [5.74, 6) is 0.814. The molecular weight excluding hydrogens is 910 g/mol. The van der Waals surface area contributed by atoms with E-state index >= 15 is 0 Å². The molecule has 0 atom stereocenters. The molecule has 5 heteroatoms. The first-order valence-electron chi connectivity index (χ1n) is 18.5. The van der Waals surface area contributed by atoms with Gasteiger partial charge in [0.25, 0.3) is 0 Å². The zero-order valence-corrected chi connectivity index (χ0v) is 35.6. The molecule has 0 amide bonds. The van der Waals surface area contributed by atoms with Crippen LogP contribution < -0.4 is 31.8 Å². The van der Waals surface area contributed by atoms with E-state index in [1.54, 1.807) is 0 Å². The summed E-state index contributed by atoms with van der Waals surface area (Å²) in [6, 6.07) is 87.8. The van der Waals surface area contributed by atoms with Crippen molar-refractivity contribution in [3.05, 3.63) is 266 Å². The molecule has 0 bridgehead atoms. The molecule has 0 aliphatic heterocycles. The van der Waals surface area contributed by atoms with Gasteiger partial charge in [0.1, 0.15) is 31.8 Å². The predicted molar refractivity (Wildman–Crippen MR) is 242 cm³/mol. The van der Waals surface area contributed by atoms with E-state index in [4.69, 9.17) is 0 Å². The fraction of sp³-hybridized carbons (Fsp3) is 0. The molecule has 0 spiro atoms. The first-order valence-corrected chi connectivity index (χ1v) is 21.5. The fourth-order valence-electron chi connectivity index (χ4n) is 6.37. The van der Waals surface area contributed by atoms with Gasteiger partial charge in [-0.3, -0.25) is 0 Å². The Morgan fingerprint density at radius 1 is 0.263 bits per heavy atom. The molecule has 0 saturated carbocycles. The van der Waals surface area contributed by atoms with Gasteiger partial charge in [-0.05, 0) is 72.8 Å². The Morgan fingerprint density at radius 2 is 0.421 bits per heavy atom. The number of nitrogens with zero attached hydrogens (tertiary/aromatic N) is 2. The van der Waals surface area contributed by atoms with Crippen molar-refractivity contribution in [2.24, 2.45) is 0 Å². The summed E-state index contributed by atoms with van der Waals surface area (Å²) in [7, 11) is -1.75.